The van der Waals surface area contributed by atoms with E-state index in [2.05, 4.69) is 31.7 Å². The zero-order chi connectivity index (χ0) is 15.6. The van der Waals surface area contributed by atoms with Gasteiger partial charge in [0.2, 0.25) is 0 Å². The molecule has 2 aromatic heterocycles. The number of fused-ring (bicyclic) bond motifs is 1. The molecule has 2 N–H and O–H groups in total. The average Bonchev–Trinajstić information content (AvgIpc) is 2.97. The number of piperidine rings is 1. The summed E-state index contributed by atoms with van der Waals surface area (Å²) in [6, 6.07) is 8.55. The van der Waals surface area contributed by atoms with Gasteiger partial charge < -0.3 is 15.2 Å². The van der Waals surface area contributed by atoms with E-state index in [1.165, 1.54) is 0 Å². The summed E-state index contributed by atoms with van der Waals surface area (Å²) in [7, 11) is 2.00. The normalized spacial score (nSPS) is 15.9. The van der Waals surface area contributed by atoms with Gasteiger partial charge in [-0.2, -0.15) is 0 Å². The van der Waals surface area contributed by atoms with Gasteiger partial charge >= 0.3 is 0 Å². The van der Waals surface area contributed by atoms with E-state index < -0.39 is 0 Å². The molecule has 0 radical (unpaired) electrons. The fourth-order valence-electron chi connectivity index (χ4n) is 3.02. The van der Waals surface area contributed by atoms with Crippen LogP contribution in [-0.2, 0) is 7.05 Å². The number of hydrogen-bond acceptors (Lipinski definition) is 5. The third kappa shape index (κ3) is 2.90. The number of aromatic nitrogens is 4. The van der Waals surface area contributed by atoms with Crippen LogP contribution in [0.2, 0.25) is 0 Å². The molecular weight excluding hydrogens is 288 g/mol. The molecule has 3 aromatic rings. The molecule has 0 bridgehead atoms. The predicted molar refractivity (Wildman–Crippen MR) is 91.3 cm³/mol. The Bertz CT molecular complexity index is 819. The molecule has 1 fully saturated rings. The molecule has 23 heavy (non-hydrogen) atoms. The molecule has 0 unspecified atom stereocenters. The molecule has 1 aliphatic heterocycles. The minimum absolute atomic E-state index is 0.485. The van der Waals surface area contributed by atoms with E-state index in [9.17, 15) is 0 Å². The predicted octanol–water partition coefficient (Wildman–Crippen LogP) is 2.19. The Hall–Kier alpha value is -2.47. The van der Waals surface area contributed by atoms with Crippen molar-refractivity contribution in [2.24, 2.45) is 7.05 Å². The Balaban J connectivity index is 1.62. The largest absolute Gasteiger partial charge is 0.367 e. The lowest BCUT2D eigenvalue weighted by molar-refractivity contribution is 0.478. The lowest BCUT2D eigenvalue weighted by atomic mass is 10.1. The summed E-state index contributed by atoms with van der Waals surface area (Å²) in [5.41, 5.74) is 3.08. The first-order valence-corrected chi connectivity index (χ1v) is 8.01. The second-order valence-corrected chi connectivity index (χ2v) is 5.99. The highest BCUT2D eigenvalue weighted by Crippen LogP contribution is 2.22. The zero-order valence-electron chi connectivity index (χ0n) is 13.2. The summed E-state index contributed by atoms with van der Waals surface area (Å²) in [5, 5.41) is 6.90. The van der Waals surface area contributed by atoms with Crippen molar-refractivity contribution in [1.82, 2.24) is 24.8 Å². The fraction of sp³-hybridized carbons (Fsp3) is 0.353. The summed E-state index contributed by atoms with van der Waals surface area (Å²) in [6.45, 7) is 2.12. The standard InChI is InChI=1S/C17H20N6/c1-23-11-20-14-3-2-12(10-15(14)23)17-19-9-6-16(22-17)21-13-4-7-18-8-5-13/h2-3,6,9-11,13,18H,4-5,7-8H2,1H3,(H,19,21,22). The molecule has 118 valence electrons. The third-order valence-electron chi connectivity index (χ3n) is 4.33. The molecule has 0 amide bonds. The number of benzene rings is 1. The highest BCUT2D eigenvalue weighted by atomic mass is 15.1. The minimum atomic E-state index is 0.485. The van der Waals surface area contributed by atoms with Gasteiger partial charge in [0, 0.05) is 24.8 Å². The second kappa shape index (κ2) is 5.96. The number of hydrogen-bond donors (Lipinski definition) is 2. The van der Waals surface area contributed by atoms with Crippen molar-refractivity contribution in [3.63, 3.8) is 0 Å². The number of nitrogens with one attached hydrogen (secondary N) is 2. The molecule has 0 atom stereocenters. The van der Waals surface area contributed by atoms with Crippen LogP contribution in [-0.4, -0.2) is 38.7 Å². The lowest BCUT2D eigenvalue weighted by Gasteiger charge is -2.24. The molecule has 0 aliphatic carbocycles. The number of rotatable bonds is 3. The van der Waals surface area contributed by atoms with Gasteiger partial charge in [0.15, 0.2) is 5.82 Å². The van der Waals surface area contributed by atoms with E-state index in [-0.39, 0.29) is 0 Å². The average molecular weight is 308 g/mol. The van der Waals surface area contributed by atoms with Gasteiger partial charge in [0.1, 0.15) is 5.82 Å². The maximum absolute atomic E-state index is 4.69. The van der Waals surface area contributed by atoms with Gasteiger partial charge in [-0.05, 0) is 50.2 Å². The maximum Gasteiger partial charge on any atom is 0.161 e. The third-order valence-corrected chi connectivity index (χ3v) is 4.33. The van der Waals surface area contributed by atoms with Crippen molar-refractivity contribution in [2.45, 2.75) is 18.9 Å². The van der Waals surface area contributed by atoms with E-state index in [0.29, 0.717) is 6.04 Å². The van der Waals surface area contributed by atoms with Crippen LogP contribution >= 0.6 is 0 Å². The van der Waals surface area contributed by atoms with Crippen molar-refractivity contribution in [3.05, 3.63) is 36.8 Å². The monoisotopic (exact) mass is 308 g/mol. The first kappa shape index (κ1) is 14.1. The van der Waals surface area contributed by atoms with Crippen LogP contribution in [0.25, 0.3) is 22.4 Å². The Labute approximate surface area is 135 Å². The van der Waals surface area contributed by atoms with Crippen LogP contribution in [0.4, 0.5) is 5.82 Å². The molecule has 0 spiro atoms. The Morgan fingerprint density at radius 1 is 1.17 bits per heavy atom. The second-order valence-electron chi connectivity index (χ2n) is 5.99. The van der Waals surface area contributed by atoms with E-state index >= 15 is 0 Å². The van der Waals surface area contributed by atoms with E-state index in [1.807, 2.05) is 42.3 Å². The SMILES string of the molecule is Cn1cnc2ccc(-c3nccc(NC4CCNCC4)n3)cc21. The van der Waals surface area contributed by atoms with Gasteiger partial charge in [0.05, 0.1) is 17.4 Å². The summed E-state index contributed by atoms with van der Waals surface area (Å²) in [4.78, 5) is 13.5. The number of nitrogens with zero attached hydrogens (tertiary/aromatic N) is 4. The number of anilines is 1. The number of aryl methyl sites for hydroxylation is 1. The van der Waals surface area contributed by atoms with Crippen molar-refractivity contribution >= 4 is 16.9 Å². The molecule has 1 saturated heterocycles. The molecule has 3 heterocycles. The van der Waals surface area contributed by atoms with Crippen LogP contribution < -0.4 is 10.6 Å². The van der Waals surface area contributed by atoms with Gasteiger partial charge in [0.25, 0.3) is 0 Å². The van der Waals surface area contributed by atoms with Gasteiger partial charge in [-0.25, -0.2) is 15.0 Å². The van der Waals surface area contributed by atoms with Crippen molar-refractivity contribution in [1.29, 1.82) is 0 Å². The minimum Gasteiger partial charge on any atom is -0.367 e. The van der Waals surface area contributed by atoms with Gasteiger partial charge in [-0.3, -0.25) is 0 Å². The molecule has 6 nitrogen and oxygen atoms in total. The molecule has 1 aromatic carbocycles. The maximum atomic E-state index is 4.69. The zero-order valence-corrected chi connectivity index (χ0v) is 13.2. The summed E-state index contributed by atoms with van der Waals surface area (Å²) in [5.74, 6) is 1.64. The van der Waals surface area contributed by atoms with E-state index in [1.54, 1.807) is 0 Å². The summed E-state index contributed by atoms with van der Waals surface area (Å²) < 4.78 is 2.01. The van der Waals surface area contributed by atoms with Crippen LogP contribution in [0.1, 0.15) is 12.8 Å². The Kier molecular flexibility index (Phi) is 3.67. The van der Waals surface area contributed by atoms with Crippen molar-refractivity contribution in [2.75, 3.05) is 18.4 Å². The summed E-state index contributed by atoms with van der Waals surface area (Å²) in [6.07, 6.45) is 5.89. The molecule has 6 heteroatoms. The highest BCUT2D eigenvalue weighted by molar-refractivity contribution is 5.80. The van der Waals surface area contributed by atoms with Crippen LogP contribution in [0.3, 0.4) is 0 Å². The topological polar surface area (TPSA) is 67.7 Å². The van der Waals surface area contributed by atoms with Crippen molar-refractivity contribution < 1.29 is 0 Å². The summed E-state index contributed by atoms with van der Waals surface area (Å²) >= 11 is 0. The first-order chi connectivity index (χ1) is 11.3. The lowest BCUT2D eigenvalue weighted by Crippen LogP contribution is -2.35. The van der Waals surface area contributed by atoms with Gasteiger partial charge in [-0.15, -0.1) is 0 Å². The smallest absolute Gasteiger partial charge is 0.161 e. The molecule has 4 rings (SSSR count). The van der Waals surface area contributed by atoms with Crippen LogP contribution in [0, 0.1) is 0 Å². The molecular formula is C17H20N6. The van der Waals surface area contributed by atoms with E-state index in [4.69, 9.17) is 0 Å². The molecule has 0 saturated carbocycles. The Morgan fingerprint density at radius 3 is 2.91 bits per heavy atom. The van der Waals surface area contributed by atoms with Crippen LogP contribution in [0.5, 0.6) is 0 Å². The Morgan fingerprint density at radius 2 is 2.04 bits per heavy atom. The highest BCUT2D eigenvalue weighted by Gasteiger charge is 2.13. The van der Waals surface area contributed by atoms with Gasteiger partial charge in [-0.1, -0.05) is 0 Å². The number of imidazole rings is 1. The quantitative estimate of drug-likeness (QED) is 0.776. The van der Waals surface area contributed by atoms with Crippen molar-refractivity contribution in [3.8, 4) is 11.4 Å². The van der Waals surface area contributed by atoms with Crippen LogP contribution in [0.15, 0.2) is 36.8 Å². The first-order valence-electron chi connectivity index (χ1n) is 8.01. The van der Waals surface area contributed by atoms with E-state index in [0.717, 1.165) is 54.2 Å². The fourth-order valence-corrected chi connectivity index (χ4v) is 3.02. The molecule has 1 aliphatic rings.